The lowest BCUT2D eigenvalue weighted by atomic mass is 9.96. The summed E-state index contributed by atoms with van der Waals surface area (Å²) in [5, 5.41) is 2.60. The smallest absolute Gasteiger partial charge is 0.256 e. The van der Waals surface area contributed by atoms with E-state index in [2.05, 4.69) is 5.32 Å². The zero-order valence-electron chi connectivity index (χ0n) is 11.8. The minimum atomic E-state index is -0.503. The number of hydrogen-bond donors (Lipinski definition) is 1. The molecular formula is C15H19FN2O2. The minimum Gasteiger partial charge on any atom is -0.359 e. The van der Waals surface area contributed by atoms with Crippen LogP contribution in [0.1, 0.15) is 28.8 Å². The van der Waals surface area contributed by atoms with Gasteiger partial charge in [0.25, 0.3) is 5.91 Å². The summed E-state index contributed by atoms with van der Waals surface area (Å²) in [6.07, 6.45) is 1.52. The van der Waals surface area contributed by atoms with Crippen LogP contribution in [-0.2, 0) is 4.79 Å². The molecule has 1 N–H and O–H groups in total. The number of piperidine rings is 1. The Morgan fingerprint density at radius 2 is 2.15 bits per heavy atom. The molecule has 1 aliphatic rings. The highest BCUT2D eigenvalue weighted by molar-refractivity contribution is 5.95. The van der Waals surface area contributed by atoms with Gasteiger partial charge in [-0.15, -0.1) is 0 Å². The van der Waals surface area contributed by atoms with Crippen LogP contribution in [0.25, 0.3) is 0 Å². The highest BCUT2D eigenvalue weighted by Gasteiger charge is 2.29. The minimum absolute atomic E-state index is 0.0631. The number of nitrogens with zero attached hydrogens (tertiary/aromatic N) is 1. The number of carbonyl (C=O) groups is 2. The van der Waals surface area contributed by atoms with Crippen molar-refractivity contribution >= 4 is 11.8 Å². The van der Waals surface area contributed by atoms with Crippen LogP contribution in [0.4, 0.5) is 4.39 Å². The predicted octanol–water partition coefficient (Wildman–Crippen LogP) is 1.73. The second-order valence-corrected chi connectivity index (χ2v) is 5.19. The first-order chi connectivity index (χ1) is 9.52. The number of carbonyl (C=O) groups excluding carboxylic acids is 2. The van der Waals surface area contributed by atoms with Gasteiger partial charge in [0, 0.05) is 20.1 Å². The van der Waals surface area contributed by atoms with Crippen LogP contribution in [0, 0.1) is 18.7 Å². The Bertz CT molecular complexity index is 531. The van der Waals surface area contributed by atoms with Crippen LogP contribution in [-0.4, -0.2) is 36.9 Å². The lowest BCUT2D eigenvalue weighted by Crippen LogP contribution is -2.45. The molecule has 1 fully saturated rings. The molecule has 4 nitrogen and oxygen atoms in total. The number of hydrogen-bond acceptors (Lipinski definition) is 2. The van der Waals surface area contributed by atoms with Crippen LogP contribution in [0.15, 0.2) is 18.2 Å². The molecule has 1 heterocycles. The van der Waals surface area contributed by atoms with E-state index in [1.807, 2.05) is 0 Å². The molecule has 108 valence electrons. The first-order valence-corrected chi connectivity index (χ1v) is 6.80. The van der Waals surface area contributed by atoms with Crippen molar-refractivity contribution in [2.75, 3.05) is 20.1 Å². The van der Waals surface area contributed by atoms with Crippen molar-refractivity contribution in [3.8, 4) is 0 Å². The first kappa shape index (κ1) is 14.5. The number of halogens is 1. The molecule has 1 saturated heterocycles. The number of aryl methyl sites for hydroxylation is 1. The highest BCUT2D eigenvalue weighted by atomic mass is 19.1. The van der Waals surface area contributed by atoms with Gasteiger partial charge in [0.15, 0.2) is 0 Å². The molecule has 1 aromatic rings. The fourth-order valence-corrected chi connectivity index (χ4v) is 2.54. The fourth-order valence-electron chi connectivity index (χ4n) is 2.54. The van der Waals surface area contributed by atoms with Crippen molar-refractivity contribution in [2.24, 2.45) is 5.92 Å². The summed E-state index contributed by atoms with van der Waals surface area (Å²) in [5.41, 5.74) is 0.856. The fraction of sp³-hybridized carbons (Fsp3) is 0.467. The van der Waals surface area contributed by atoms with Crippen molar-refractivity contribution in [3.63, 3.8) is 0 Å². The van der Waals surface area contributed by atoms with Crippen molar-refractivity contribution in [2.45, 2.75) is 19.8 Å². The number of rotatable bonds is 2. The third kappa shape index (κ3) is 2.98. The maximum atomic E-state index is 13.9. The predicted molar refractivity (Wildman–Crippen MR) is 73.8 cm³/mol. The summed E-state index contributed by atoms with van der Waals surface area (Å²) in [7, 11) is 1.59. The van der Waals surface area contributed by atoms with Gasteiger partial charge in [0.1, 0.15) is 5.82 Å². The molecule has 0 bridgehead atoms. The van der Waals surface area contributed by atoms with Crippen molar-refractivity contribution in [3.05, 3.63) is 35.1 Å². The van der Waals surface area contributed by atoms with E-state index in [9.17, 15) is 14.0 Å². The van der Waals surface area contributed by atoms with Gasteiger partial charge in [-0.3, -0.25) is 9.59 Å². The molecule has 1 atom stereocenters. The summed E-state index contributed by atoms with van der Waals surface area (Å²) < 4.78 is 13.9. The van der Waals surface area contributed by atoms with Crippen LogP contribution in [0.3, 0.4) is 0 Å². The molecule has 0 saturated carbocycles. The molecule has 0 aliphatic carbocycles. The van der Waals surface area contributed by atoms with Gasteiger partial charge in [-0.05, 0) is 37.5 Å². The Morgan fingerprint density at radius 1 is 1.40 bits per heavy atom. The van der Waals surface area contributed by atoms with E-state index in [4.69, 9.17) is 0 Å². The summed E-state index contributed by atoms with van der Waals surface area (Å²) in [4.78, 5) is 25.6. The maximum absolute atomic E-state index is 13.9. The molecule has 0 radical (unpaired) electrons. The van der Waals surface area contributed by atoms with Gasteiger partial charge in [-0.25, -0.2) is 4.39 Å². The normalized spacial score (nSPS) is 18.8. The van der Waals surface area contributed by atoms with Crippen molar-refractivity contribution in [1.29, 1.82) is 0 Å². The Balaban J connectivity index is 2.14. The molecule has 0 aromatic heterocycles. The van der Waals surface area contributed by atoms with Gasteiger partial charge in [-0.2, -0.15) is 0 Å². The van der Waals surface area contributed by atoms with Gasteiger partial charge >= 0.3 is 0 Å². The summed E-state index contributed by atoms with van der Waals surface area (Å²) >= 11 is 0. The zero-order chi connectivity index (χ0) is 14.7. The van der Waals surface area contributed by atoms with Crippen LogP contribution >= 0.6 is 0 Å². The third-order valence-electron chi connectivity index (χ3n) is 3.68. The van der Waals surface area contributed by atoms with E-state index in [-0.39, 0.29) is 23.3 Å². The van der Waals surface area contributed by atoms with E-state index in [0.717, 1.165) is 18.4 Å². The van der Waals surface area contributed by atoms with E-state index < -0.39 is 5.82 Å². The maximum Gasteiger partial charge on any atom is 0.256 e. The van der Waals surface area contributed by atoms with Crippen LogP contribution in [0.5, 0.6) is 0 Å². The molecule has 2 amide bonds. The summed E-state index contributed by atoms with van der Waals surface area (Å²) in [6, 6.07) is 4.58. The largest absolute Gasteiger partial charge is 0.359 e. The lowest BCUT2D eigenvalue weighted by Gasteiger charge is -2.32. The van der Waals surface area contributed by atoms with E-state index in [1.54, 1.807) is 24.9 Å². The van der Waals surface area contributed by atoms with E-state index in [1.165, 1.54) is 12.1 Å². The van der Waals surface area contributed by atoms with Gasteiger partial charge < -0.3 is 10.2 Å². The standard InChI is InChI=1S/C15H19FN2O2/c1-10-5-6-12(13(16)8-10)15(20)18-7-3-4-11(9-18)14(19)17-2/h5-6,8,11H,3-4,7,9H2,1-2H3,(H,17,19). The van der Waals surface area contributed by atoms with Crippen molar-refractivity contribution in [1.82, 2.24) is 10.2 Å². The molecule has 20 heavy (non-hydrogen) atoms. The van der Waals surface area contributed by atoms with E-state index >= 15 is 0 Å². The topological polar surface area (TPSA) is 49.4 Å². The van der Waals surface area contributed by atoms with Gasteiger partial charge in [-0.1, -0.05) is 6.07 Å². The Hall–Kier alpha value is -1.91. The second kappa shape index (κ2) is 6.03. The average Bonchev–Trinajstić information content (AvgIpc) is 2.46. The monoisotopic (exact) mass is 278 g/mol. The number of nitrogens with one attached hydrogen (secondary N) is 1. The van der Waals surface area contributed by atoms with Crippen LogP contribution < -0.4 is 5.32 Å². The number of amides is 2. The Morgan fingerprint density at radius 3 is 2.80 bits per heavy atom. The average molecular weight is 278 g/mol. The second-order valence-electron chi connectivity index (χ2n) is 5.19. The first-order valence-electron chi connectivity index (χ1n) is 6.80. The van der Waals surface area contributed by atoms with Gasteiger partial charge in [0.05, 0.1) is 11.5 Å². The molecular weight excluding hydrogens is 259 g/mol. The molecule has 1 aromatic carbocycles. The van der Waals surface area contributed by atoms with Crippen molar-refractivity contribution < 1.29 is 14.0 Å². The van der Waals surface area contributed by atoms with Crippen LogP contribution in [0.2, 0.25) is 0 Å². The Labute approximate surface area is 118 Å². The highest BCUT2D eigenvalue weighted by Crippen LogP contribution is 2.20. The number of likely N-dealkylation sites (tertiary alicyclic amines) is 1. The lowest BCUT2D eigenvalue weighted by molar-refractivity contribution is -0.125. The molecule has 2 rings (SSSR count). The zero-order valence-corrected chi connectivity index (χ0v) is 11.8. The van der Waals surface area contributed by atoms with Gasteiger partial charge in [0.2, 0.25) is 5.91 Å². The third-order valence-corrected chi connectivity index (χ3v) is 3.68. The Kier molecular flexibility index (Phi) is 4.37. The summed E-state index contributed by atoms with van der Waals surface area (Å²) in [6.45, 7) is 2.70. The number of benzene rings is 1. The SMILES string of the molecule is CNC(=O)C1CCCN(C(=O)c2ccc(C)cc2F)C1. The van der Waals surface area contributed by atoms with E-state index in [0.29, 0.717) is 13.1 Å². The quantitative estimate of drug-likeness (QED) is 0.895. The molecule has 5 heteroatoms. The molecule has 1 unspecified atom stereocenters. The molecule has 0 spiro atoms. The molecule has 1 aliphatic heterocycles. The summed E-state index contributed by atoms with van der Waals surface area (Å²) in [5.74, 6) is -1.11.